The van der Waals surface area contributed by atoms with E-state index in [1.807, 2.05) is 6.92 Å². The van der Waals surface area contributed by atoms with Gasteiger partial charge in [-0.25, -0.2) is 0 Å². The van der Waals surface area contributed by atoms with E-state index in [1.165, 1.54) is 12.1 Å². The van der Waals surface area contributed by atoms with Crippen LogP contribution in [0.2, 0.25) is 0 Å². The van der Waals surface area contributed by atoms with Gasteiger partial charge in [-0.15, -0.1) is 0 Å². The van der Waals surface area contributed by atoms with Gasteiger partial charge in [-0.2, -0.15) is 0 Å². The Morgan fingerprint density at radius 3 is 2.69 bits per heavy atom. The van der Waals surface area contributed by atoms with E-state index in [0.29, 0.717) is 10.1 Å². The summed E-state index contributed by atoms with van der Waals surface area (Å²) in [5.41, 5.74) is 0.846. The van der Waals surface area contributed by atoms with E-state index in [-0.39, 0.29) is 16.2 Å². The van der Waals surface area contributed by atoms with Crippen molar-refractivity contribution in [3.8, 4) is 11.5 Å². The fourth-order valence-corrected chi connectivity index (χ4v) is 2.74. The van der Waals surface area contributed by atoms with Gasteiger partial charge in [0.25, 0.3) is 0 Å². The fourth-order valence-electron chi connectivity index (χ4n) is 1.81. The van der Waals surface area contributed by atoms with Gasteiger partial charge in [-0.3, -0.25) is 4.79 Å². The summed E-state index contributed by atoms with van der Waals surface area (Å²) in [6.45, 7) is 2.02. The topological polar surface area (TPSA) is 57.5 Å². The van der Waals surface area contributed by atoms with Crippen molar-refractivity contribution in [1.82, 2.24) is 0 Å². The molecule has 3 nitrogen and oxygen atoms in total. The second-order valence-corrected chi connectivity index (χ2v) is 4.73. The van der Waals surface area contributed by atoms with Crippen molar-refractivity contribution in [3.63, 3.8) is 0 Å². The minimum Gasteiger partial charge on any atom is -0.508 e. The van der Waals surface area contributed by atoms with Gasteiger partial charge in [0, 0.05) is 22.2 Å². The van der Waals surface area contributed by atoms with Gasteiger partial charge in [-0.05, 0) is 18.1 Å². The monoisotopic (exact) mass is 236 g/mol. The van der Waals surface area contributed by atoms with Crippen LogP contribution in [0.1, 0.15) is 18.9 Å². The third-order valence-corrected chi connectivity index (χ3v) is 3.27. The number of fused-ring (bicyclic) bond motifs is 1. The van der Waals surface area contributed by atoms with E-state index in [9.17, 15) is 15.0 Å². The number of hydrogen-bond donors (Lipinski definition) is 2. The average Bonchev–Trinajstić information content (AvgIpc) is 2.15. The molecule has 0 amide bonds. The first kappa shape index (κ1) is 11.0. The highest BCUT2D eigenvalue weighted by molar-refractivity contribution is 7.16. The molecule has 84 valence electrons. The van der Waals surface area contributed by atoms with Gasteiger partial charge in [0.05, 0.1) is 0 Å². The third kappa shape index (κ3) is 1.88. The molecule has 0 radical (unpaired) electrons. The maximum Gasteiger partial charge on any atom is 0.233 e. The predicted octanol–water partition coefficient (Wildman–Crippen LogP) is 2.63. The fraction of sp³-hybridized carbons (Fsp3) is 0.250. The largest absolute Gasteiger partial charge is 0.508 e. The van der Waals surface area contributed by atoms with Crippen molar-refractivity contribution in [3.05, 3.63) is 33.3 Å². The standard InChI is InChI=1S/C12H12O3S/c1-2-3-7-4-11(15)16-10-6-8(13)5-9(14)12(7)10/h4-6,13-14H,2-3H2,1H3. The summed E-state index contributed by atoms with van der Waals surface area (Å²) in [5, 5.41) is 19.8. The van der Waals surface area contributed by atoms with Crippen molar-refractivity contribution >= 4 is 21.4 Å². The molecule has 0 saturated carbocycles. The highest BCUT2D eigenvalue weighted by atomic mass is 32.1. The van der Waals surface area contributed by atoms with E-state index in [0.717, 1.165) is 29.7 Å². The quantitative estimate of drug-likeness (QED) is 0.842. The summed E-state index contributed by atoms with van der Waals surface area (Å²) in [7, 11) is 0. The molecule has 0 fully saturated rings. The molecule has 16 heavy (non-hydrogen) atoms. The average molecular weight is 236 g/mol. The second kappa shape index (κ2) is 4.14. The zero-order chi connectivity index (χ0) is 11.7. The van der Waals surface area contributed by atoms with Gasteiger partial charge in [0.1, 0.15) is 11.5 Å². The van der Waals surface area contributed by atoms with Crippen molar-refractivity contribution < 1.29 is 10.2 Å². The second-order valence-electron chi connectivity index (χ2n) is 3.68. The third-order valence-electron chi connectivity index (χ3n) is 2.41. The van der Waals surface area contributed by atoms with E-state index in [2.05, 4.69) is 0 Å². The molecule has 2 rings (SSSR count). The molecule has 2 N–H and O–H groups in total. The van der Waals surface area contributed by atoms with Crippen LogP contribution in [-0.2, 0) is 6.42 Å². The van der Waals surface area contributed by atoms with Crippen LogP contribution in [0.25, 0.3) is 10.1 Å². The molecule has 1 aromatic carbocycles. The lowest BCUT2D eigenvalue weighted by Gasteiger charge is -2.06. The van der Waals surface area contributed by atoms with Crippen LogP contribution in [0.4, 0.5) is 0 Å². The number of aromatic hydroxyl groups is 2. The molecule has 2 aromatic rings. The Labute approximate surface area is 96.6 Å². The van der Waals surface area contributed by atoms with E-state index in [4.69, 9.17) is 0 Å². The number of benzene rings is 1. The van der Waals surface area contributed by atoms with Gasteiger partial charge in [-0.1, -0.05) is 24.7 Å². The van der Waals surface area contributed by atoms with Gasteiger partial charge in [0.15, 0.2) is 0 Å². The lowest BCUT2D eigenvalue weighted by atomic mass is 10.1. The number of aryl methyl sites for hydroxylation is 1. The van der Waals surface area contributed by atoms with Gasteiger partial charge < -0.3 is 10.2 Å². The maximum atomic E-state index is 11.5. The van der Waals surface area contributed by atoms with Crippen LogP contribution in [0.3, 0.4) is 0 Å². The summed E-state index contributed by atoms with van der Waals surface area (Å²) >= 11 is 1.03. The minimum absolute atomic E-state index is 0.0192. The Bertz CT molecular complexity index is 587. The van der Waals surface area contributed by atoms with E-state index < -0.39 is 0 Å². The molecule has 0 aliphatic rings. The van der Waals surface area contributed by atoms with Crippen LogP contribution in [0, 0.1) is 0 Å². The summed E-state index contributed by atoms with van der Waals surface area (Å²) in [4.78, 5) is 11.5. The molecule has 0 spiro atoms. The highest BCUT2D eigenvalue weighted by Gasteiger charge is 2.09. The normalized spacial score (nSPS) is 10.8. The summed E-state index contributed by atoms with van der Waals surface area (Å²) in [5.74, 6) is 0.0176. The molecular formula is C12H12O3S. The first-order valence-corrected chi connectivity index (χ1v) is 5.92. The lowest BCUT2D eigenvalue weighted by Crippen LogP contribution is -1.97. The Hall–Kier alpha value is -1.55. The van der Waals surface area contributed by atoms with Crippen molar-refractivity contribution in [2.75, 3.05) is 0 Å². The molecule has 1 aromatic heterocycles. The summed E-state index contributed by atoms with van der Waals surface area (Å²) < 4.78 is 0.578. The molecular weight excluding hydrogens is 224 g/mol. The van der Waals surface area contributed by atoms with Crippen LogP contribution >= 0.6 is 11.3 Å². The minimum atomic E-state index is -0.0547. The van der Waals surface area contributed by atoms with Crippen molar-refractivity contribution in [2.45, 2.75) is 19.8 Å². The van der Waals surface area contributed by atoms with Crippen LogP contribution in [0.5, 0.6) is 11.5 Å². The zero-order valence-corrected chi connectivity index (χ0v) is 9.67. The number of phenols is 2. The molecule has 0 bridgehead atoms. The predicted molar refractivity (Wildman–Crippen MR) is 65.4 cm³/mol. The molecule has 0 unspecified atom stereocenters. The van der Waals surface area contributed by atoms with Gasteiger partial charge >= 0.3 is 0 Å². The molecule has 0 aliphatic carbocycles. The first-order valence-electron chi connectivity index (χ1n) is 5.10. The zero-order valence-electron chi connectivity index (χ0n) is 8.86. The van der Waals surface area contributed by atoms with Crippen molar-refractivity contribution in [2.24, 2.45) is 0 Å². The first-order chi connectivity index (χ1) is 7.61. The van der Waals surface area contributed by atoms with Gasteiger partial charge in [0.2, 0.25) is 4.74 Å². The van der Waals surface area contributed by atoms with Crippen LogP contribution in [0.15, 0.2) is 23.0 Å². The molecule has 0 atom stereocenters. The molecule has 4 heteroatoms. The molecule has 0 saturated heterocycles. The number of phenolic OH excluding ortho intramolecular Hbond substituents is 2. The lowest BCUT2D eigenvalue weighted by molar-refractivity contribution is 0.455. The Balaban J connectivity index is 2.84. The SMILES string of the molecule is CCCc1cc(=O)sc2cc(O)cc(O)c12. The maximum absolute atomic E-state index is 11.5. The smallest absolute Gasteiger partial charge is 0.233 e. The Morgan fingerprint density at radius 1 is 1.25 bits per heavy atom. The number of hydrogen-bond acceptors (Lipinski definition) is 4. The molecule has 0 aliphatic heterocycles. The van der Waals surface area contributed by atoms with Crippen LogP contribution < -0.4 is 4.74 Å². The van der Waals surface area contributed by atoms with E-state index in [1.54, 1.807) is 6.07 Å². The number of rotatable bonds is 2. The summed E-state index contributed by atoms with van der Waals surface area (Å²) in [6, 6.07) is 4.38. The Kier molecular flexibility index (Phi) is 2.83. The van der Waals surface area contributed by atoms with E-state index >= 15 is 0 Å². The molecule has 1 heterocycles. The van der Waals surface area contributed by atoms with Crippen LogP contribution in [-0.4, -0.2) is 10.2 Å². The highest BCUT2D eigenvalue weighted by Crippen LogP contribution is 2.33. The summed E-state index contributed by atoms with van der Waals surface area (Å²) in [6.07, 6.45) is 1.65. The Morgan fingerprint density at radius 2 is 2.00 bits per heavy atom. The van der Waals surface area contributed by atoms with Crippen molar-refractivity contribution in [1.29, 1.82) is 0 Å².